The molecule has 1 amide bonds. The molecule has 0 spiro atoms. The van der Waals surface area contributed by atoms with Crippen LogP contribution in [0.2, 0.25) is 5.02 Å². The van der Waals surface area contributed by atoms with Crippen LogP contribution >= 0.6 is 11.6 Å². The van der Waals surface area contributed by atoms with Crippen molar-refractivity contribution in [3.05, 3.63) is 64.3 Å². The summed E-state index contributed by atoms with van der Waals surface area (Å²) in [4.78, 5) is 25.9. The minimum absolute atomic E-state index is 0.299. The summed E-state index contributed by atoms with van der Waals surface area (Å²) < 4.78 is 5.64. The van der Waals surface area contributed by atoms with Gasteiger partial charge in [0.15, 0.2) is 5.82 Å². The molecule has 2 aliphatic rings. The smallest absolute Gasteiger partial charge is 0.255 e. The molecule has 0 radical (unpaired) electrons. The lowest BCUT2D eigenvalue weighted by Gasteiger charge is -2.26. The van der Waals surface area contributed by atoms with Crippen LogP contribution in [0.3, 0.4) is 0 Å². The number of carbonyl (C=O) groups excluding carboxylic acids is 1. The zero-order valence-corrected chi connectivity index (χ0v) is 20.6. The summed E-state index contributed by atoms with van der Waals surface area (Å²) in [6.07, 6.45) is 2.52. The largest absolute Gasteiger partial charge is 0.495 e. The Bertz CT molecular complexity index is 1280. The second-order valence-electron chi connectivity index (χ2n) is 8.88. The van der Waals surface area contributed by atoms with Gasteiger partial charge in [0.2, 0.25) is 5.95 Å². The van der Waals surface area contributed by atoms with Crippen molar-refractivity contribution in [3.8, 4) is 5.75 Å². The van der Waals surface area contributed by atoms with E-state index in [1.807, 2.05) is 29.2 Å². The van der Waals surface area contributed by atoms with E-state index < -0.39 is 11.8 Å². The fourth-order valence-corrected chi connectivity index (χ4v) is 4.96. The molecule has 10 heteroatoms. The molecule has 2 N–H and O–H groups in total. The van der Waals surface area contributed by atoms with E-state index in [-0.39, 0.29) is 0 Å². The summed E-state index contributed by atoms with van der Waals surface area (Å²) in [5, 5.41) is 14.0. The maximum absolute atomic E-state index is 12.6. The van der Waals surface area contributed by atoms with E-state index >= 15 is 0 Å². The molecule has 1 unspecified atom stereocenters. The van der Waals surface area contributed by atoms with Crippen LogP contribution in [-0.2, 0) is 17.8 Å². The van der Waals surface area contributed by atoms with Gasteiger partial charge < -0.3 is 19.9 Å². The van der Waals surface area contributed by atoms with E-state index in [1.165, 1.54) is 18.2 Å². The molecule has 0 fully saturated rings. The van der Waals surface area contributed by atoms with Gasteiger partial charge in [-0.15, -0.1) is 0 Å². The van der Waals surface area contributed by atoms with Crippen LogP contribution in [0.4, 0.5) is 23.1 Å². The fourth-order valence-electron chi connectivity index (χ4n) is 4.77. The molecule has 1 aromatic heterocycles. The number of methoxy groups -OCH3 is 1. The second-order valence-corrected chi connectivity index (χ2v) is 9.29. The first kappa shape index (κ1) is 23.3. The van der Waals surface area contributed by atoms with Crippen molar-refractivity contribution in [1.82, 2.24) is 19.9 Å². The number of aromatic nitrogens is 2. The topological polar surface area (TPSA) is 94.1 Å². The molecule has 1 atom stereocenters. The van der Waals surface area contributed by atoms with Crippen LogP contribution in [0.5, 0.6) is 5.75 Å². The number of nitrogens with zero attached hydrogens (tertiary/aromatic N) is 5. The monoisotopic (exact) mass is 494 g/mol. The third kappa shape index (κ3) is 4.38. The Morgan fingerprint density at radius 3 is 2.86 bits per heavy atom. The van der Waals surface area contributed by atoms with Crippen LogP contribution in [0.1, 0.15) is 22.6 Å². The van der Waals surface area contributed by atoms with E-state index in [9.17, 15) is 10.0 Å². The van der Waals surface area contributed by atoms with Crippen molar-refractivity contribution in [2.24, 2.45) is 0 Å². The van der Waals surface area contributed by atoms with Crippen LogP contribution in [0.25, 0.3) is 0 Å². The van der Waals surface area contributed by atoms with Gasteiger partial charge >= 0.3 is 0 Å². The molecule has 3 heterocycles. The SMILES string of the molecule is COc1cc2c(cc1Nc1ncc(Cl)c(N3CC(C(=O)N(C)O)c4ccccc43)n1)CN(C)CC2. The lowest BCUT2D eigenvalue weighted by atomic mass is 9.99. The number of anilines is 4. The molecule has 9 nitrogen and oxygen atoms in total. The van der Waals surface area contributed by atoms with E-state index in [0.29, 0.717) is 28.4 Å². The number of carbonyl (C=O) groups is 1. The molecule has 0 saturated heterocycles. The van der Waals surface area contributed by atoms with Gasteiger partial charge in [0.25, 0.3) is 5.91 Å². The van der Waals surface area contributed by atoms with Crippen molar-refractivity contribution in [3.63, 3.8) is 0 Å². The molecule has 3 aromatic rings. The summed E-state index contributed by atoms with van der Waals surface area (Å²) in [5.74, 6) is 0.618. The van der Waals surface area contributed by atoms with E-state index in [0.717, 1.165) is 42.2 Å². The minimum Gasteiger partial charge on any atom is -0.495 e. The van der Waals surface area contributed by atoms with Crippen LogP contribution in [-0.4, -0.2) is 65.3 Å². The maximum atomic E-state index is 12.6. The molecule has 182 valence electrons. The van der Waals surface area contributed by atoms with Gasteiger partial charge in [0.05, 0.1) is 24.9 Å². The number of hydrogen-bond acceptors (Lipinski definition) is 8. The Hall–Kier alpha value is -3.40. The number of nitrogens with one attached hydrogen (secondary N) is 1. The predicted molar refractivity (Wildman–Crippen MR) is 134 cm³/mol. The molecule has 0 aliphatic carbocycles. The predicted octanol–water partition coefficient (Wildman–Crippen LogP) is 3.95. The Morgan fingerprint density at radius 2 is 2.09 bits per heavy atom. The van der Waals surface area contributed by atoms with Crippen LogP contribution in [0, 0.1) is 0 Å². The third-order valence-corrected chi connectivity index (χ3v) is 6.80. The molecule has 35 heavy (non-hydrogen) atoms. The van der Waals surface area contributed by atoms with Crippen molar-refractivity contribution < 1.29 is 14.7 Å². The van der Waals surface area contributed by atoms with E-state index in [1.54, 1.807) is 13.3 Å². The van der Waals surface area contributed by atoms with Gasteiger partial charge in [-0.2, -0.15) is 4.98 Å². The molecule has 2 aliphatic heterocycles. The van der Waals surface area contributed by atoms with Gasteiger partial charge in [-0.3, -0.25) is 10.0 Å². The highest BCUT2D eigenvalue weighted by Crippen LogP contribution is 2.43. The molecule has 5 rings (SSSR count). The number of halogens is 1. The molecule has 0 saturated carbocycles. The summed E-state index contributed by atoms with van der Waals surface area (Å²) >= 11 is 6.54. The van der Waals surface area contributed by atoms with Crippen molar-refractivity contribution >= 4 is 40.6 Å². The average molecular weight is 495 g/mol. The summed E-state index contributed by atoms with van der Waals surface area (Å²) in [7, 11) is 5.08. The molecule has 0 bridgehead atoms. The Balaban J connectivity index is 1.49. The highest BCUT2D eigenvalue weighted by atomic mass is 35.5. The number of hydrogen-bond donors (Lipinski definition) is 2. The number of rotatable bonds is 5. The highest BCUT2D eigenvalue weighted by molar-refractivity contribution is 6.33. The molecule has 2 aromatic carbocycles. The zero-order valence-electron chi connectivity index (χ0n) is 19.8. The molecular weight excluding hydrogens is 468 g/mol. The van der Waals surface area contributed by atoms with Gasteiger partial charge in [-0.1, -0.05) is 29.8 Å². The van der Waals surface area contributed by atoms with Gasteiger partial charge in [-0.25, -0.2) is 10.0 Å². The number of para-hydroxylation sites is 1. The third-order valence-electron chi connectivity index (χ3n) is 6.54. The summed E-state index contributed by atoms with van der Waals surface area (Å²) in [6.45, 7) is 2.17. The van der Waals surface area contributed by atoms with Crippen molar-refractivity contribution in [1.29, 1.82) is 0 Å². The normalized spacial score (nSPS) is 17.1. The lowest BCUT2D eigenvalue weighted by Crippen LogP contribution is -2.31. The number of benzene rings is 2. The second kappa shape index (κ2) is 9.33. The standard InChI is InChI=1S/C25H27ClN6O3/c1-30-9-8-15-11-22(35-3)20(10-16(15)13-30)28-25-27-12-19(26)23(29-25)32-14-18(24(33)31(2)34)17-6-4-5-7-21(17)32/h4-7,10-12,18,34H,8-9,13-14H2,1-3H3,(H,27,28,29). The fraction of sp³-hybridized carbons (Fsp3) is 0.320. The Morgan fingerprint density at radius 1 is 1.29 bits per heavy atom. The van der Waals surface area contributed by atoms with Crippen LogP contribution < -0.4 is 15.0 Å². The first-order valence-corrected chi connectivity index (χ1v) is 11.7. The number of amides is 1. The van der Waals surface area contributed by atoms with Crippen molar-refractivity contribution in [2.45, 2.75) is 18.9 Å². The summed E-state index contributed by atoms with van der Waals surface area (Å²) in [5.41, 5.74) is 4.91. The summed E-state index contributed by atoms with van der Waals surface area (Å²) in [6, 6.07) is 11.7. The number of hydroxylamine groups is 2. The minimum atomic E-state index is -0.540. The highest BCUT2D eigenvalue weighted by Gasteiger charge is 2.37. The molecular formula is C25H27ClN6O3. The van der Waals surface area contributed by atoms with E-state index in [2.05, 4.69) is 34.4 Å². The zero-order chi connectivity index (χ0) is 24.7. The number of fused-ring (bicyclic) bond motifs is 2. The number of likely N-dealkylation sites (N-methyl/N-ethyl adjacent to an activating group) is 2. The van der Waals surface area contributed by atoms with Gasteiger partial charge in [-0.05, 0) is 48.4 Å². The first-order chi connectivity index (χ1) is 16.9. The van der Waals surface area contributed by atoms with Crippen LogP contribution in [0.15, 0.2) is 42.6 Å². The van der Waals surface area contributed by atoms with Gasteiger partial charge in [0.1, 0.15) is 10.8 Å². The Kier molecular flexibility index (Phi) is 6.22. The maximum Gasteiger partial charge on any atom is 0.255 e. The van der Waals surface area contributed by atoms with Gasteiger partial charge in [0, 0.05) is 32.4 Å². The quantitative estimate of drug-likeness (QED) is 0.407. The van der Waals surface area contributed by atoms with E-state index in [4.69, 9.17) is 21.3 Å². The average Bonchev–Trinajstić information content (AvgIpc) is 3.23. The lowest BCUT2D eigenvalue weighted by molar-refractivity contribution is -0.160. The van der Waals surface area contributed by atoms with Crippen molar-refractivity contribution in [2.75, 3.05) is 44.5 Å². The first-order valence-electron chi connectivity index (χ1n) is 11.4. The number of ether oxygens (including phenoxy) is 1. The Labute approximate surface area is 208 Å².